The van der Waals surface area contributed by atoms with Crippen molar-refractivity contribution in [2.75, 3.05) is 7.11 Å². The topological polar surface area (TPSA) is 50.4 Å². The van der Waals surface area contributed by atoms with Gasteiger partial charge in [0, 0.05) is 25.0 Å². The first-order valence-corrected chi connectivity index (χ1v) is 7.70. The Morgan fingerprint density at radius 2 is 1.65 bits per heavy atom. The largest absolute Gasteiger partial charge is 0.497 e. The summed E-state index contributed by atoms with van der Waals surface area (Å²) in [6.07, 6.45) is 9.99. The van der Waals surface area contributed by atoms with Crippen LogP contribution in [0.25, 0.3) is 12.2 Å². The highest BCUT2D eigenvalue weighted by Gasteiger charge is 2.02. The van der Waals surface area contributed by atoms with Crippen molar-refractivity contribution in [2.45, 2.75) is 25.8 Å². The number of ether oxygens (including phenoxy) is 1. The van der Waals surface area contributed by atoms with Crippen LogP contribution in [0.5, 0.6) is 5.75 Å². The highest BCUT2D eigenvalue weighted by Crippen LogP contribution is 2.13. The average molecular weight is 312 g/mol. The molecule has 1 heterocycles. The molecule has 1 N–H and O–H groups in total. The molecule has 2 aromatic rings. The van der Waals surface area contributed by atoms with Gasteiger partial charge >= 0.3 is 5.97 Å². The molecule has 0 saturated carbocycles. The fraction of sp³-hybridized carbons (Fsp3) is 0.263. The van der Waals surface area contributed by atoms with Crippen LogP contribution in [0.2, 0.25) is 0 Å². The van der Waals surface area contributed by atoms with Crippen LogP contribution in [0.4, 0.5) is 0 Å². The molecule has 120 valence electrons. The van der Waals surface area contributed by atoms with Crippen LogP contribution in [-0.2, 0) is 11.3 Å². The van der Waals surface area contributed by atoms with E-state index in [4.69, 9.17) is 9.84 Å². The van der Waals surface area contributed by atoms with Crippen LogP contribution >= 0.6 is 0 Å². The maximum Gasteiger partial charge on any atom is 0.303 e. The zero-order valence-corrected chi connectivity index (χ0v) is 13.3. The number of benzene rings is 1. The van der Waals surface area contributed by atoms with Gasteiger partial charge in [0.25, 0.3) is 0 Å². The van der Waals surface area contributed by atoms with Crippen molar-refractivity contribution in [1.82, 2.24) is 0 Å². The third-order valence-corrected chi connectivity index (χ3v) is 3.56. The third-order valence-electron chi connectivity index (χ3n) is 3.56. The van der Waals surface area contributed by atoms with E-state index in [2.05, 4.69) is 28.9 Å². The maximum atomic E-state index is 10.5. The number of carboxylic acid groups (broad SMARTS) is 1. The molecular weight excluding hydrogens is 290 g/mol. The Labute approximate surface area is 136 Å². The second-order valence-electron chi connectivity index (χ2n) is 5.33. The summed E-state index contributed by atoms with van der Waals surface area (Å²) in [4.78, 5) is 10.5. The van der Waals surface area contributed by atoms with E-state index in [0.29, 0.717) is 6.42 Å². The summed E-state index contributed by atoms with van der Waals surface area (Å²) in [5.41, 5.74) is 2.25. The van der Waals surface area contributed by atoms with Gasteiger partial charge in [-0.25, -0.2) is 4.57 Å². The molecule has 4 heteroatoms. The molecule has 0 saturated heterocycles. The SMILES string of the molecule is COc1ccc(/C=C\c2cc[n+](CCCCC(=O)O)cc2)cc1. The van der Waals surface area contributed by atoms with Gasteiger partial charge in [-0.05, 0) is 29.7 Å². The van der Waals surface area contributed by atoms with Gasteiger partial charge in [0.2, 0.25) is 0 Å². The summed E-state index contributed by atoms with van der Waals surface area (Å²) < 4.78 is 7.22. The number of hydrogen-bond donors (Lipinski definition) is 1. The minimum absolute atomic E-state index is 0.239. The van der Waals surface area contributed by atoms with Crippen molar-refractivity contribution in [2.24, 2.45) is 0 Å². The molecule has 23 heavy (non-hydrogen) atoms. The summed E-state index contributed by atoms with van der Waals surface area (Å²) in [5.74, 6) is 0.125. The second-order valence-corrected chi connectivity index (χ2v) is 5.33. The smallest absolute Gasteiger partial charge is 0.303 e. The van der Waals surface area contributed by atoms with Crippen molar-refractivity contribution in [1.29, 1.82) is 0 Å². The molecule has 0 aliphatic carbocycles. The van der Waals surface area contributed by atoms with E-state index in [1.54, 1.807) is 7.11 Å². The number of hydrogen-bond acceptors (Lipinski definition) is 2. The van der Waals surface area contributed by atoms with Gasteiger partial charge in [0.1, 0.15) is 12.3 Å². The molecule has 0 unspecified atom stereocenters. The van der Waals surface area contributed by atoms with Gasteiger partial charge in [0.05, 0.1) is 7.11 Å². The number of methoxy groups -OCH3 is 1. The van der Waals surface area contributed by atoms with Crippen LogP contribution in [0, 0.1) is 0 Å². The monoisotopic (exact) mass is 312 g/mol. The Hall–Kier alpha value is -2.62. The number of rotatable bonds is 8. The zero-order chi connectivity index (χ0) is 16.5. The second kappa shape index (κ2) is 8.73. The Bertz CT molecular complexity index is 645. The predicted octanol–water partition coefficient (Wildman–Crippen LogP) is 3.41. The lowest BCUT2D eigenvalue weighted by Gasteiger charge is -1.99. The van der Waals surface area contributed by atoms with Gasteiger partial charge in [-0.3, -0.25) is 4.79 Å². The Kier molecular flexibility index (Phi) is 6.36. The number of carboxylic acids is 1. The van der Waals surface area contributed by atoms with Crippen LogP contribution < -0.4 is 9.30 Å². The first-order chi connectivity index (χ1) is 11.2. The summed E-state index contributed by atoms with van der Waals surface area (Å²) in [6.45, 7) is 0.843. The molecule has 4 nitrogen and oxygen atoms in total. The molecule has 0 amide bonds. The average Bonchev–Trinajstić information content (AvgIpc) is 2.58. The summed E-state index contributed by atoms with van der Waals surface area (Å²) in [5, 5.41) is 8.61. The fourth-order valence-corrected chi connectivity index (χ4v) is 2.21. The van der Waals surface area contributed by atoms with Crippen LogP contribution in [0.1, 0.15) is 30.4 Å². The number of aromatic nitrogens is 1. The molecule has 1 aromatic carbocycles. The predicted molar refractivity (Wildman–Crippen MR) is 90.0 cm³/mol. The Morgan fingerprint density at radius 3 is 2.22 bits per heavy atom. The Balaban J connectivity index is 1.86. The van der Waals surface area contributed by atoms with E-state index in [9.17, 15) is 4.79 Å². The number of carbonyl (C=O) groups is 1. The Morgan fingerprint density at radius 1 is 1.04 bits per heavy atom. The number of aliphatic carboxylic acids is 1. The van der Waals surface area contributed by atoms with Crippen molar-refractivity contribution < 1.29 is 19.2 Å². The number of pyridine rings is 1. The van der Waals surface area contributed by atoms with Crippen molar-refractivity contribution in [3.8, 4) is 5.75 Å². The summed E-state index contributed by atoms with van der Waals surface area (Å²) >= 11 is 0. The van der Waals surface area contributed by atoms with Gasteiger partial charge in [0.15, 0.2) is 12.4 Å². The van der Waals surface area contributed by atoms with Gasteiger partial charge in [-0.1, -0.05) is 24.3 Å². The summed E-state index contributed by atoms with van der Waals surface area (Å²) in [7, 11) is 1.66. The third kappa shape index (κ3) is 5.94. The van der Waals surface area contributed by atoms with E-state index in [1.807, 2.05) is 36.7 Å². The molecule has 0 radical (unpaired) electrons. The normalized spacial score (nSPS) is 10.8. The number of nitrogens with zero attached hydrogens (tertiary/aromatic N) is 1. The van der Waals surface area contributed by atoms with Crippen LogP contribution in [0.15, 0.2) is 48.8 Å². The van der Waals surface area contributed by atoms with Crippen molar-refractivity contribution in [3.63, 3.8) is 0 Å². The molecule has 0 atom stereocenters. The van der Waals surface area contributed by atoms with E-state index in [0.717, 1.165) is 29.8 Å². The van der Waals surface area contributed by atoms with E-state index >= 15 is 0 Å². The lowest BCUT2D eigenvalue weighted by molar-refractivity contribution is -0.697. The summed E-state index contributed by atoms with van der Waals surface area (Å²) in [6, 6.07) is 12.0. The van der Waals surface area contributed by atoms with E-state index < -0.39 is 5.97 Å². The lowest BCUT2D eigenvalue weighted by atomic mass is 10.1. The standard InChI is InChI=1S/C19H21NO3/c1-23-18-9-7-16(8-10-18)5-6-17-11-14-20(15-12-17)13-3-2-4-19(21)22/h5-12,14-15H,2-4,13H2,1H3/p+1/b6-5-. The van der Waals surface area contributed by atoms with Crippen LogP contribution in [-0.4, -0.2) is 18.2 Å². The van der Waals surface area contributed by atoms with Gasteiger partial charge < -0.3 is 9.84 Å². The van der Waals surface area contributed by atoms with Crippen LogP contribution in [0.3, 0.4) is 0 Å². The lowest BCUT2D eigenvalue weighted by Crippen LogP contribution is -2.32. The van der Waals surface area contributed by atoms with E-state index in [1.165, 1.54) is 0 Å². The number of unbranched alkanes of at least 4 members (excludes halogenated alkanes) is 1. The highest BCUT2D eigenvalue weighted by molar-refractivity contribution is 5.69. The maximum absolute atomic E-state index is 10.5. The van der Waals surface area contributed by atoms with Gasteiger partial charge in [-0.2, -0.15) is 0 Å². The molecular formula is C19H22NO3+. The molecule has 0 spiro atoms. The minimum Gasteiger partial charge on any atom is -0.497 e. The molecule has 0 aliphatic heterocycles. The zero-order valence-electron chi connectivity index (χ0n) is 13.3. The minimum atomic E-state index is -0.728. The molecule has 0 aliphatic rings. The molecule has 0 fully saturated rings. The molecule has 0 bridgehead atoms. The van der Waals surface area contributed by atoms with Crippen molar-refractivity contribution in [3.05, 3.63) is 59.9 Å². The van der Waals surface area contributed by atoms with Gasteiger partial charge in [-0.15, -0.1) is 0 Å². The number of aryl methyl sites for hydroxylation is 1. The molecule has 1 aromatic heterocycles. The quantitative estimate of drug-likeness (QED) is 0.600. The highest BCUT2D eigenvalue weighted by atomic mass is 16.5. The first kappa shape index (κ1) is 16.7. The van der Waals surface area contributed by atoms with E-state index in [-0.39, 0.29) is 6.42 Å². The molecule has 2 rings (SSSR count). The van der Waals surface area contributed by atoms with Crippen molar-refractivity contribution >= 4 is 18.1 Å². The fourth-order valence-electron chi connectivity index (χ4n) is 2.21. The first-order valence-electron chi connectivity index (χ1n) is 7.70.